The normalized spacial score (nSPS) is 31.8. The van der Waals surface area contributed by atoms with Crippen LogP contribution in [0.2, 0.25) is 0 Å². The van der Waals surface area contributed by atoms with Crippen LogP contribution in [0, 0.1) is 29.0 Å². The lowest BCUT2D eigenvalue weighted by atomic mass is 9.46. The van der Waals surface area contributed by atoms with Gasteiger partial charge in [0.05, 0.1) is 29.8 Å². The quantitative estimate of drug-likeness (QED) is 0.110. The van der Waals surface area contributed by atoms with Crippen molar-refractivity contribution >= 4 is 52.2 Å². The van der Waals surface area contributed by atoms with Crippen molar-refractivity contribution in [2.75, 3.05) is 37.4 Å². The molecule has 0 bridgehead atoms. The highest BCUT2D eigenvalue weighted by Crippen LogP contribution is 2.58. The number of ketones is 4. The van der Waals surface area contributed by atoms with Gasteiger partial charge >= 0.3 is 0 Å². The second-order valence-electron chi connectivity index (χ2n) is 12.3. The molecule has 4 aliphatic rings. The highest BCUT2D eigenvalue weighted by atomic mass is 35.5. The third-order valence-electron chi connectivity index (χ3n) is 9.94. The highest BCUT2D eigenvalue weighted by molar-refractivity contribution is 6.32. The van der Waals surface area contributed by atoms with Gasteiger partial charge in [0, 0.05) is 23.4 Å². The number of halogens is 2. The van der Waals surface area contributed by atoms with E-state index in [0.717, 1.165) is 18.9 Å². The number of rotatable bonds is 9. The Bertz CT molecular complexity index is 1450. The maximum atomic E-state index is 15.7. The van der Waals surface area contributed by atoms with Gasteiger partial charge in [-0.1, -0.05) is 6.92 Å². The zero-order valence-corrected chi connectivity index (χ0v) is 25.0. The number of Topliss-reactive ketones (excluding diaryl/α,β-unsaturated/α-hetero) is 4. The largest absolute Gasteiger partial charge is 0.505 e. The molecule has 12 nitrogen and oxygen atoms in total. The molecule has 44 heavy (non-hydrogen) atoms. The van der Waals surface area contributed by atoms with Gasteiger partial charge in [-0.25, -0.2) is 4.39 Å². The summed E-state index contributed by atoms with van der Waals surface area (Å²) in [5.41, 5.74) is 0.0742. The topological polar surface area (TPSA) is 196 Å². The highest BCUT2D eigenvalue weighted by Gasteiger charge is 2.72. The number of phenols is 1. The van der Waals surface area contributed by atoms with Crippen molar-refractivity contribution in [3.63, 3.8) is 0 Å². The van der Waals surface area contributed by atoms with E-state index in [1.165, 1.54) is 0 Å². The van der Waals surface area contributed by atoms with Gasteiger partial charge in [-0.3, -0.25) is 33.7 Å². The number of fused-ring (bicyclic) bond motifs is 3. The Hall–Kier alpha value is -3.26. The van der Waals surface area contributed by atoms with E-state index < -0.39 is 86.9 Å². The molecule has 1 aromatic rings. The third-order valence-corrected chi connectivity index (χ3v) is 10.2. The van der Waals surface area contributed by atoms with Crippen LogP contribution in [-0.4, -0.2) is 93.8 Å². The van der Waals surface area contributed by atoms with Crippen molar-refractivity contribution in [3.8, 4) is 5.75 Å². The molecule has 0 aromatic heterocycles. The number of nitrogens with one attached hydrogen (secondary N) is 2. The van der Waals surface area contributed by atoms with Gasteiger partial charge < -0.3 is 26.6 Å². The minimum atomic E-state index is -2.93. The first-order valence-corrected chi connectivity index (χ1v) is 15.4. The van der Waals surface area contributed by atoms with Gasteiger partial charge in [-0.05, 0) is 63.6 Å². The maximum Gasteiger partial charge on any atom is 0.238 e. The van der Waals surface area contributed by atoms with Crippen LogP contribution in [-0.2, 0) is 30.4 Å². The molecule has 0 spiro atoms. The van der Waals surface area contributed by atoms with E-state index in [4.69, 9.17) is 17.3 Å². The average molecular weight is 635 g/mol. The van der Waals surface area contributed by atoms with Crippen LogP contribution in [0.4, 0.5) is 10.1 Å². The van der Waals surface area contributed by atoms with Gasteiger partial charge in [-0.15, -0.1) is 11.6 Å². The molecule has 2 amide bonds. The van der Waals surface area contributed by atoms with Crippen molar-refractivity contribution in [2.24, 2.45) is 28.9 Å². The number of alkyl halides is 1. The van der Waals surface area contributed by atoms with Gasteiger partial charge in [0.1, 0.15) is 11.6 Å². The van der Waals surface area contributed by atoms with Crippen molar-refractivity contribution in [1.29, 1.82) is 0 Å². The molecule has 1 heterocycles. The second kappa shape index (κ2) is 11.9. The van der Waals surface area contributed by atoms with Crippen LogP contribution in [0.25, 0.3) is 0 Å². The lowest BCUT2D eigenvalue weighted by Gasteiger charge is -2.56. The molecule has 0 radical (unpaired) electrons. The number of phenolic OH excluding ortho intramolecular Hbond substituents is 1. The van der Waals surface area contributed by atoms with Gasteiger partial charge in [-0.2, -0.15) is 0 Å². The Morgan fingerprint density at radius 2 is 1.86 bits per heavy atom. The van der Waals surface area contributed by atoms with Crippen molar-refractivity contribution in [3.05, 3.63) is 23.0 Å². The summed E-state index contributed by atoms with van der Waals surface area (Å²) >= 11 is 5.77. The fourth-order valence-corrected chi connectivity index (χ4v) is 7.83. The predicted octanol–water partition coefficient (Wildman–Crippen LogP) is 0.478. The Morgan fingerprint density at radius 1 is 1.18 bits per heavy atom. The SMILES string of the molecule is CCC12Cc3c(F)cc(NC(=O)CN4CCCC4)c(O)c3C(=O)C1C(=O)C1(O)C(=O)C(C(N)=O)C(=O)C(NCCCCl)C1C2. The summed E-state index contributed by atoms with van der Waals surface area (Å²) in [5, 5.41) is 28.4. The van der Waals surface area contributed by atoms with Gasteiger partial charge in [0.15, 0.2) is 34.7 Å². The monoisotopic (exact) mass is 634 g/mol. The third kappa shape index (κ3) is 4.93. The molecule has 1 aromatic carbocycles. The Morgan fingerprint density at radius 3 is 2.48 bits per heavy atom. The number of benzene rings is 1. The van der Waals surface area contributed by atoms with Crippen LogP contribution in [0.5, 0.6) is 5.75 Å². The number of likely N-dealkylation sites (tertiary alicyclic amines) is 1. The van der Waals surface area contributed by atoms with E-state index in [9.17, 15) is 39.0 Å². The smallest absolute Gasteiger partial charge is 0.238 e. The summed E-state index contributed by atoms with van der Waals surface area (Å²) in [5.74, 6) is -13.0. The molecule has 1 aliphatic heterocycles. The van der Waals surface area contributed by atoms with E-state index >= 15 is 4.39 Å². The number of anilines is 1. The van der Waals surface area contributed by atoms with Crippen LogP contribution in [0.1, 0.15) is 54.9 Å². The van der Waals surface area contributed by atoms with Crippen molar-refractivity contribution in [2.45, 2.75) is 57.1 Å². The first-order chi connectivity index (χ1) is 20.8. The minimum absolute atomic E-state index is 0.00250. The maximum absolute atomic E-state index is 15.7. The summed E-state index contributed by atoms with van der Waals surface area (Å²) in [6, 6.07) is -0.426. The number of aliphatic hydroxyl groups is 1. The fourth-order valence-electron chi connectivity index (χ4n) is 7.70. The zero-order valence-electron chi connectivity index (χ0n) is 24.3. The van der Waals surface area contributed by atoms with Crippen LogP contribution < -0.4 is 16.4 Å². The van der Waals surface area contributed by atoms with Gasteiger partial charge in [0.25, 0.3) is 0 Å². The number of hydrogen-bond donors (Lipinski definition) is 5. The van der Waals surface area contributed by atoms with E-state index in [-0.39, 0.29) is 49.5 Å². The number of nitrogens with zero attached hydrogens (tertiary/aromatic N) is 1. The van der Waals surface area contributed by atoms with E-state index in [1.54, 1.807) is 6.92 Å². The summed E-state index contributed by atoms with van der Waals surface area (Å²) in [7, 11) is 0. The Labute approximate surface area is 257 Å². The lowest BCUT2D eigenvalue weighted by Crippen LogP contribution is -2.75. The molecule has 6 atom stereocenters. The molecule has 14 heteroatoms. The predicted molar refractivity (Wildman–Crippen MR) is 155 cm³/mol. The first-order valence-electron chi connectivity index (χ1n) is 14.9. The molecule has 3 aliphatic carbocycles. The summed E-state index contributed by atoms with van der Waals surface area (Å²) in [4.78, 5) is 82.1. The molecule has 6 N–H and O–H groups in total. The van der Waals surface area contributed by atoms with E-state index in [2.05, 4.69) is 10.6 Å². The number of amides is 2. The average Bonchev–Trinajstić information content (AvgIpc) is 3.48. The summed E-state index contributed by atoms with van der Waals surface area (Å²) in [6.45, 7) is 3.25. The van der Waals surface area contributed by atoms with Gasteiger partial charge in [0.2, 0.25) is 11.8 Å². The lowest BCUT2D eigenvalue weighted by molar-refractivity contribution is -0.183. The fraction of sp³-hybridized carbons (Fsp3) is 0.600. The number of carbonyl (C=O) groups excluding carboxylic acids is 6. The van der Waals surface area contributed by atoms with Crippen molar-refractivity contribution < 1.29 is 43.4 Å². The summed E-state index contributed by atoms with van der Waals surface area (Å²) in [6.07, 6.45) is 1.91. The molecular weight excluding hydrogens is 599 g/mol. The molecule has 1 saturated heterocycles. The van der Waals surface area contributed by atoms with Crippen molar-refractivity contribution in [1.82, 2.24) is 10.2 Å². The second-order valence-corrected chi connectivity index (χ2v) is 12.7. The number of hydrogen-bond acceptors (Lipinski definition) is 10. The Kier molecular flexibility index (Phi) is 8.71. The molecular formula is C30H36ClFN4O8. The molecule has 3 fully saturated rings. The molecule has 5 rings (SSSR count). The van der Waals surface area contributed by atoms with E-state index in [0.29, 0.717) is 19.5 Å². The zero-order chi connectivity index (χ0) is 32.1. The number of primary amides is 1. The summed E-state index contributed by atoms with van der Waals surface area (Å²) < 4.78 is 15.7. The Balaban J connectivity index is 1.57. The molecule has 2 saturated carbocycles. The first kappa shape index (κ1) is 32.1. The molecule has 238 valence electrons. The van der Waals surface area contributed by atoms with E-state index in [1.807, 2.05) is 4.90 Å². The van der Waals surface area contributed by atoms with Crippen LogP contribution in [0.3, 0.4) is 0 Å². The number of aromatic hydroxyl groups is 1. The standard InChI is InChI=1S/C30H36ClFN4O8/c1-2-29-11-14-16(32)10-17(35-18(37)13-36-8-3-4-9-36)23(38)19(14)24(39)21(29)27(42)30(44)15(12-29)22(34-7-5-6-31)25(40)20(26(30)41)28(33)43/h10,15,20-22,34,38,44H,2-9,11-13H2,1H3,(H2,33,43)(H,35,37). The number of carbonyl (C=O) groups is 6. The minimum Gasteiger partial charge on any atom is -0.505 e. The molecule has 6 unspecified atom stereocenters. The van der Waals surface area contributed by atoms with Crippen LogP contribution >= 0.6 is 11.6 Å². The number of nitrogens with two attached hydrogens (primary N) is 1. The van der Waals surface area contributed by atoms with Crippen LogP contribution in [0.15, 0.2) is 6.07 Å².